The molecule has 0 saturated carbocycles. The number of benzene rings is 4. The smallest absolute Gasteiger partial charge is 0.127 e. The molecule has 3 heteroatoms. The van der Waals surface area contributed by atoms with Crippen molar-refractivity contribution in [2.75, 3.05) is 5.32 Å². The first-order valence-electron chi connectivity index (χ1n) is 10.4. The zero-order chi connectivity index (χ0) is 21.8. The number of anilines is 2. The van der Waals surface area contributed by atoms with Gasteiger partial charge in [0.2, 0.25) is 0 Å². The van der Waals surface area contributed by atoms with Crippen molar-refractivity contribution in [3.05, 3.63) is 107 Å². The van der Waals surface area contributed by atoms with Crippen molar-refractivity contribution in [3.63, 3.8) is 0 Å². The standard InChI is InChI=1S/C28H27NO2/c1-19-5-11-27(17-21(19)3)30-25-13-7-23(8-14-25)29-24-9-15-26(16-10-24)31-28-12-6-20(2)22(4)18-28/h5-18,29H,1-4H3. The minimum atomic E-state index is 0.811. The van der Waals surface area contributed by atoms with Gasteiger partial charge < -0.3 is 14.8 Å². The Morgan fingerprint density at radius 2 is 0.774 bits per heavy atom. The molecule has 1 N–H and O–H groups in total. The van der Waals surface area contributed by atoms with Gasteiger partial charge in [-0.1, -0.05) is 12.1 Å². The molecule has 31 heavy (non-hydrogen) atoms. The molecular formula is C28H27NO2. The maximum absolute atomic E-state index is 5.96. The zero-order valence-corrected chi connectivity index (χ0v) is 18.4. The number of hydrogen-bond donors (Lipinski definition) is 1. The zero-order valence-electron chi connectivity index (χ0n) is 18.4. The van der Waals surface area contributed by atoms with Crippen LogP contribution in [0.25, 0.3) is 0 Å². The first-order chi connectivity index (χ1) is 15.0. The second kappa shape index (κ2) is 8.97. The average Bonchev–Trinajstić information content (AvgIpc) is 2.76. The number of ether oxygens (including phenoxy) is 2. The molecule has 0 atom stereocenters. The molecule has 0 heterocycles. The Balaban J connectivity index is 1.37. The molecule has 0 amide bonds. The van der Waals surface area contributed by atoms with Gasteiger partial charge in [-0.15, -0.1) is 0 Å². The number of aryl methyl sites for hydroxylation is 4. The van der Waals surface area contributed by atoms with Crippen molar-refractivity contribution >= 4 is 11.4 Å². The molecular weight excluding hydrogens is 382 g/mol. The van der Waals surface area contributed by atoms with Crippen molar-refractivity contribution in [2.24, 2.45) is 0 Å². The van der Waals surface area contributed by atoms with E-state index in [-0.39, 0.29) is 0 Å². The normalized spacial score (nSPS) is 10.6. The summed E-state index contributed by atoms with van der Waals surface area (Å²) in [4.78, 5) is 0. The van der Waals surface area contributed by atoms with Crippen LogP contribution in [0.4, 0.5) is 11.4 Å². The van der Waals surface area contributed by atoms with Crippen molar-refractivity contribution in [1.29, 1.82) is 0 Å². The molecule has 0 bridgehead atoms. The SMILES string of the molecule is Cc1ccc(Oc2ccc(Nc3ccc(Oc4ccc(C)c(C)c4)cc3)cc2)cc1C. The lowest BCUT2D eigenvalue weighted by Gasteiger charge is -2.11. The molecule has 0 radical (unpaired) electrons. The summed E-state index contributed by atoms with van der Waals surface area (Å²) in [5.74, 6) is 3.32. The van der Waals surface area contributed by atoms with Gasteiger partial charge in [0.15, 0.2) is 0 Å². The van der Waals surface area contributed by atoms with Crippen LogP contribution in [0.3, 0.4) is 0 Å². The van der Waals surface area contributed by atoms with E-state index in [9.17, 15) is 0 Å². The monoisotopic (exact) mass is 409 g/mol. The van der Waals surface area contributed by atoms with Crippen LogP contribution in [0.15, 0.2) is 84.9 Å². The minimum absolute atomic E-state index is 0.811. The van der Waals surface area contributed by atoms with E-state index in [2.05, 4.69) is 57.3 Å². The fraction of sp³-hybridized carbons (Fsp3) is 0.143. The van der Waals surface area contributed by atoms with Crippen LogP contribution < -0.4 is 14.8 Å². The largest absolute Gasteiger partial charge is 0.457 e. The lowest BCUT2D eigenvalue weighted by Crippen LogP contribution is -1.92. The second-order valence-corrected chi connectivity index (χ2v) is 7.87. The van der Waals surface area contributed by atoms with Crippen molar-refractivity contribution in [2.45, 2.75) is 27.7 Å². The third-order valence-electron chi connectivity index (χ3n) is 5.43. The lowest BCUT2D eigenvalue weighted by molar-refractivity contribution is 0.482. The summed E-state index contributed by atoms with van der Waals surface area (Å²) in [5, 5.41) is 3.41. The molecule has 156 valence electrons. The van der Waals surface area contributed by atoms with Gasteiger partial charge >= 0.3 is 0 Å². The quantitative estimate of drug-likeness (QED) is 0.348. The van der Waals surface area contributed by atoms with Crippen molar-refractivity contribution < 1.29 is 9.47 Å². The van der Waals surface area contributed by atoms with Crippen LogP contribution in [-0.2, 0) is 0 Å². The van der Waals surface area contributed by atoms with Crippen LogP contribution >= 0.6 is 0 Å². The van der Waals surface area contributed by atoms with Gasteiger partial charge in [0.1, 0.15) is 23.0 Å². The van der Waals surface area contributed by atoms with E-state index < -0.39 is 0 Å². The Kier molecular flexibility index (Phi) is 5.94. The molecule has 0 unspecified atom stereocenters. The maximum atomic E-state index is 5.96. The molecule has 0 aromatic heterocycles. The molecule has 0 fully saturated rings. The Bertz CT molecular complexity index is 1080. The highest BCUT2D eigenvalue weighted by Gasteiger charge is 2.03. The Morgan fingerprint density at radius 1 is 0.419 bits per heavy atom. The molecule has 0 saturated heterocycles. The molecule has 3 nitrogen and oxygen atoms in total. The topological polar surface area (TPSA) is 30.5 Å². The van der Waals surface area contributed by atoms with Crippen molar-refractivity contribution in [3.8, 4) is 23.0 Å². The lowest BCUT2D eigenvalue weighted by atomic mass is 10.1. The van der Waals surface area contributed by atoms with E-state index in [1.807, 2.05) is 60.7 Å². The summed E-state index contributed by atoms with van der Waals surface area (Å²) in [6, 6.07) is 28.2. The van der Waals surface area contributed by atoms with Gasteiger partial charge in [-0.25, -0.2) is 0 Å². The molecule has 0 aliphatic heterocycles. The molecule has 4 aromatic rings. The summed E-state index contributed by atoms with van der Waals surface area (Å²) in [5.41, 5.74) is 6.96. The van der Waals surface area contributed by atoms with Crippen LogP contribution in [0.5, 0.6) is 23.0 Å². The second-order valence-electron chi connectivity index (χ2n) is 7.87. The van der Waals surface area contributed by atoms with Crippen LogP contribution in [0, 0.1) is 27.7 Å². The molecule has 4 aromatic carbocycles. The molecule has 0 aliphatic carbocycles. The van der Waals surface area contributed by atoms with E-state index in [1.54, 1.807) is 0 Å². The predicted molar refractivity (Wildman–Crippen MR) is 128 cm³/mol. The van der Waals surface area contributed by atoms with Gasteiger partial charge in [-0.3, -0.25) is 0 Å². The van der Waals surface area contributed by atoms with Crippen LogP contribution in [0.1, 0.15) is 22.3 Å². The first kappa shape index (κ1) is 20.5. The summed E-state index contributed by atoms with van der Waals surface area (Å²) >= 11 is 0. The first-order valence-corrected chi connectivity index (χ1v) is 10.4. The summed E-state index contributed by atoms with van der Waals surface area (Å²) < 4.78 is 11.9. The van der Waals surface area contributed by atoms with Crippen LogP contribution in [0.2, 0.25) is 0 Å². The van der Waals surface area contributed by atoms with E-state index in [4.69, 9.17) is 9.47 Å². The third-order valence-corrected chi connectivity index (χ3v) is 5.43. The Hall–Kier alpha value is -3.72. The fourth-order valence-electron chi connectivity index (χ4n) is 3.21. The summed E-state index contributed by atoms with van der Waals surface area (Å²) in [7, 11) is 0. The van der Waals surface area contributed by atoms with E-state index >= 15 is 0 Å². The Morgan fingerprint density at radius 3 is 1.13 bits per heavy atom. The molecule has 0 aliphatic rings. The van der Waals surface area contributed by atoms with Gasteiger partial charge in [0.25, 0.3) is 0 Å². The Labute approximate surface area is 184 Å². The number of hydrogen-bond acceptors (Lipinski definition) is 3. The average molecular weight is 410 g/mol. The summed E-state index contributed by atoms with van der Waals surface area (Å²) in [6.45, 7) is 8.38. The fourth-order valence-corrected chi connectivity index (χ4v) is 3.21. The molecule has 0 spiro atoms. The number of rotatable bonds is 6. The van der Waals surface area contributed by atoms with Crippen LogP contribution in [-0.4, -0.2) is 0 Å². The van der Waals surface area contributed by atoms with E-state index in [1.165, 1.54) is 22.3 Å². The van der Waals surface area contributed by atoms with Gasteiger partial charge in [0.05, 0.1) is 0 Å². The minimum Gasteiger partial charge on any atom is -0.457 e. The van der Waals surface area contributed by atoms with Gasteiger partial charge in [-0.2, -0.15) is 0 Å². The summed E-state index contributed by atoms with van der Waals surface area (Å²) in [6.07, 6.45) is 0. The highest BCUT2D eigenvalue weighted by atomic mass is 16.5. The van der Waals surface area contributed by atoms with E-state index in [0.29, 0.717) is 0 Å². The molecule has 4 rings (SSSR count). The highest BCUT2D eigenvalue weighted by Crippen LogP contribution is 2.28. The third kappa shape index (κ3) is 5.26. The van der Waals surface area contributed by atoms with E-state index in [0.717, 1.165) is 34.4 Å². The van der Waals surface area contributed by atoms with Gasteiger partial charge in [0, 0.05) is 11.4 Å². The van der Waals surface area contributed by atoms with Crippen molar-refractivity contribution in [1.82, 2.24) is 0 Å². The maximum Gasteiger partial charge on any atom is 0.127 e. The predicted octanol–water partition coefficient (Wildman–Crippen LogP) is 8.25. The highest BCUT2D eigenvalue weighted by molar-refractivity contribution is 5.61. The van der Waals surface area contributed by atoms with Gasteiger partial charge in [-0.05, 0) is 123 Å². The number of nitrogens with one attached hydrogen (secondary N) is 1.